The predicted molar refractivity (Wildman–Crippen MR) is 198 cm³/mol. The molecule has 8 heteroatoms. The Hall–Kier alpha value is -6.22. The first-order valence-corrected chi connectivity index (χ1v) is 17.3. The van der Waals surface area contributed by atoms with Gasteiger partial charge in [-0.2, -0.15) is 21.0 Å². The lowest BCUT2D eigenvalue weighted by Crippen LogP contribution is -2.04. The molecule has 246 valence electrons. The van der Waals surface area contributed by atoms with Gasteiger partial charge in [0.15, 0.2) is 0 Å². The van der Waals surface area contributed by atoms with Crippen LogP contribution in [0.3, 0.4) is 0 Å². The quantitative estimate of drug-likeness (QED) is 0.125. The number of nitrogens with one attached hydrogen (secondary N) is 1. The lowest BCUT2D eigenvalue weighted by molar-refractivity contribution is 0.685. The highest BCUT2D eigenvalue weighted by Crippen LogP contribution is 2.40. The van der Waals surface area contributed by atoms with Gasteiger partial charge < -0.3 is 9.55 Å². The van der Waals surface area contributed by atoms with Crippen LogP contribution in [0.25, 0.3) is 57.0 Å². The number of aromatic nitrogens is 4. The van der Waals surface area contributed by atoms with E-state index in [4.69, 9.17) is 9.97 Å². The molecule has 4 aromatic rings. The molecule has 1 aromatic carbocycles. The van der Waals surface area contributed by atoms with Gasteiger partial charge in [0, 0.05) is 54.4 Å². The van der Waals surface area contributed by atoms with Crippen LogP contribution in [0, 0.1) is 45.3 Å². The summed E-state index contributed by atoms with van der Waals surface area (Å²) in [7, 11) is 0. The Morgan fingerprint density at radius 3 is 1.90 bits per heavy atom. The molecule has 0 saturated carbocycles. The first-order valence-electron chi connectivity index (χ1n) is 17.3. The zero-order chi connectivity index (χ0) is 34.7. The Morgan fingerprint density at radius 1 is 0.620 bits per heavy atom. The summed E-state index contributed by atoms with van der Waals surface area (Å²) in [6.45, 7) is 0.599. The Labute approximate surface area is 292 Å². The summed E-state index contributed by atoms with van der Waals surface area (Å²) in [4.78, 5) is 13.8. The maximum Gasteiger partial charge on any atom is 0.0722 e. The molecule has 0 unspecified atom stereocenters. The largest absolute Gasteiger partial charge is 0.355 e. The maximum atomic E-state index is 9.63. The number of aromatic amines is 1. The molecule has 0 radical (unpaired) electrons. The van der Waals surface area contributed by atoms with E-state index in [1.54, 1.807) is 0 Å². The zero-order valence-corrected chi connectivity index (χ0v) is 28.1. The Balaban J connectivity index is 1.83. The zero-order valence-electron chi connectivity index (χ0n) is 28.1. The van der Waals surface area contributed by atoms with E-state index in [1.807, 2.05) is 54.6 Å². The van der Waals surface area contributed by atoms with Crippen LogP contribution in [0.4, 0.5) is 0 Å². The smallest absolute Gasteiger partial charge is 0.0722 e. The number of aryl methyl sites for hydroxylation is 3. The molecule has 2 aliphatic heterocycles. The third-order valence-corrected chi connectivity index (χ3v) is 9.05. The monoisotopic (exact) mass is 654 g/mol. The van der Waals surface area contributed by atoms with Crippen molar-refractivity contribution in [2.75, 3.05) is 0 Å². The average molecular weight is 655 g/mol. The first kappa shape index (κ1) is 33.7. The molecular formula is C42H38N8. The summed E-state index contributed by atoms with van der Waals surface area (Å²) in [6.07, 6.45) is 12.5. The summed E-state index contributed by atoms with van der Waals surface area (Å²) in [5, 5.41) is 38.3. The molecule has 50 heavy (non-hydrogen) atoms. The number of nitrogens with zero attached hydrogens (tertiary/aromatic N) is 7. The van der Waals surface area contributed by atoms with Gasteiger partial charge in [0.05, 0.1) is 58.1 Å². The fourth-order valence-corrected chi connectivity index (χ4v) is 6.92. The lowest BCUT2D eigenvalue weighted by Gasteiger charge is -2.14. The molecule has 3 aromatic heterocycles. The molecule has 6 rings (SSSR count). The highest BCUT2D eigenvalue weighted by atomic mass is 15.0. The van der Waals surface area contributed by atoms with Crippen molar-refractivity contribution < 1.29 is 0 Å². The van der Waals surface area contributed by atoms with Gasteiger partial charge in [0.1, 0.15) is 0 Å². The topological polar surface area (TPSA) is 142 Å². The molecule has 0 spiro atoms. The summed E-state index contributed by atoms with van der Waals surface area (Å²) < 4.78 is 2.35. The van der Waals surface area contributed by atoms with Gasteiger partial charge in [-0.3, -0.25) is 0 Å². The second-order valence-corrected chi connectivity index (χ2v) is 12.5. The third kappa shape index (κ3) is 7.57. The van der Waals surface area contributed by atoms with E-state index < -0.39 is 0 Å². The van der Waals surface area contributed by atoms with Gasteiger partial charge in [-0.1, -0.05) is 30.3 Å². The fourth-order valence-electron chi connectivity index (χ4n) is 6.92. The van der Waals surface area contributed by atoms with Crippen LogP contribution >= 0.6 is 0 Å². The fraction of sp³-hybridized carbons (Fsp3) is 0.286. The standard InChI is InChI=1S/C42H38N8/c43-21-7-4-14-31-26-36-28-34-18-17-32(47-34)27-33-19-20-35(48-33)29-39-40(30-12-2-1-3-13-30)37(15-5-8-22-44)42(50(39)25-11-10-24-46)38(41(31)49-36)16-6-9-23-45/h1-3,12-13,17-20,26-29,47H,4-11,14-16,25H2. The SMILES string of the molecule is N#CCCCC1=Cc2cc3ccc(cc4nc(cc5c(-c6ccccc6)c(CCCC#N)c(c(CCCC#N)c1n2)n5CCCC#N)C=C4)[nH]3. The molecule has 0 fully saturated rings. The average Bonchev–Trinajstić information content (AvgIpc) is 3.91. The molecule has 5 heterocycles. The van der Waals surface area contributed by atoms with Gasteiger partial charge >= 0.3 is 0 Å². The van der Waals surface area contributed by atoms with Crippen LogP contribution in [0.2, 0.25) is 0 Å². The summed E-state index contributed by atoms with van der Waals surface area (Å²) in [5.41, 5.74) is 12.7. The number of nitriles is 4. The van der Waals surface area contributed by atoms with Crippen LogP contribution in [0.15, 0.2) is 60.7 Å². The Kier molecular flexibility index (Phi) is 10.9. The number of unbranched alkanes of at least 4 members (excludes halogenated alkanes) is 4. The van der Waals surface area contributed by atoms with Crippen molar-refractivity contribution in [2.24, 2.45) is 0 Å². The van der Waals surface area contributed by atoms with Crippen molar-refractivity contribution in [1.29, 1.82) is 21.0 Å². The van der Waals surface area contributed by atoms with Gasteiger partial charge in [-0.15, -0.1) is 0 Å². The molecule has 2 aliphatic rings. The van der Waals surface area contributed by atoms with Crippen LogP contribution in [0.1, 0.15) is 91.7 Å². The normalized spacial score (nSPS) is 11.7. The van der Waals surface area contributed by atoms with Crippen LogP contribution < -0.4 is 0 Å². The number of benzene rings is 1. The van der Waals surface area contributed by atoms with Crippen molar-refractivity contribution >= 4 is 45.9 Å². The van der Waals surface area contributed by atoms with Crippen LogP contribution in [0.5, 0.6) is 0 Å². The second-order valence-electron chi connectivity index (χ2n) is 12.5. The van der Waals surface area contributed by atoms with Crippen molar-refractivity contribution in [3.8, 4) is 35.4 Å². The predicted octanol–water partition coefficient (Wildman–Crippen LogP) is 9.86. The first-order chi connectivity index (χ1) is 24.6. The Bertz CT molecular complexity index is 2270. The summed E-state index contributed by atoms with van der Waals surface area (Å²) in [5.74, 6) is 0. The number of fused-ring (bicyclic) bond motifs is 8. The number of hydrogen-bond donors (Lipinski definition) is 1. The van der Waals surface area contributed by atoms with Gasteiger partial charge in [0.25, 0.3) is 0 Å². The molecular weight excluding hydrogens is 617 g/mol. The van der Waals surface area contributed by atoms with Gasteiger partial charge in [-0.25, -0.2) is 9.97 Å². The van der Waals surface area contributed by atoms with E-state index in [1.165, 1.54) is 0 Å². The van der Waals surface area contributed by atoms with E-state index in [2.05, 4.69) is 58.1 Å². The van der Waals surface area contributed by atoms with Crippen molar-refractivity contribution in [3.05, 3.63) is 94.6 Å². The van der Waals surface area contributed by atoms with E-state index in [9.17, 15) is 21.0 Å². The summed E-state index contributed by atoms with van der Waals surface area (Å²) in [6, 6.07) is 30.0. The minimum atomic E-state index is 0.401. The highest BCUT2D eigenvalue weighted by molar-refractivity contribution is 5.95. The number of hydrogen-bond acceptors (Lipinski definition) is 6. The highest BCUT2D eigenvalue weighted by Gasteiger charge is 2.24. The van der Waals surface area contributed by atoms with Gasteiger partial charge in [0.2, 0.25) is 0 Å². The second kappa shape index (κ2) is 16.3. The molecule has 0 aliphatic carbocycles. The van der Waals surface area contributed by atoms with E-state index in [0.717, 1.165) is 72.7 Å². The molecule has 0 atom stereocenters. The molecule has 8 nitrogen and oxygen atoms in total. The molecule has 0 amide bonds. The molecule has 0 saturated heterocycles. The minimum Gasteiger partial charge on any atom is -0.355 e. The number of rotatable bonds is 13. The van der Waals surface area contributed by atoms with E-state index >= 15 is 0 Å². The van der Waals surface area contributed by atoms with Crippen LogP contribution in [-0.2, 0) is 19.4 Å². The van der Waals surface area contributed by atoms with E-state index in [0.29, 0.717) is 77.2 Å². The minimum absolute atomic E-state index is 0.401. The summed E-state index contributed by atoms with van der Waals surface area (Å²) >= 11 is 0. The Morgan fingerprint density at radius 2 is 1.22 bits per heavy atom. The lowest BCUT2D eigenvalue weighted by atomic mass is 9.93. The van der Waals surface area contributed by atoms with Gasteiger partial charge in [-0.05, 0) is 110 Å². The van der Waals surface area contributed by atoms with Crippen molar-refractivity contribution in [2.45, 2.75) is 77.2 Å². The van der Waals surface area contributed by atoms with Crippen LogP contribution in [-0.4, -0.2) is 19.5 Å². The van der Waals surface area contributed by atoms with Crippen molar-refractivity contribution in [3.63, 3.8) is 0 Å². The number of allylic oxidation sites excluding steroid dienone is 1. The molecule has 8 bridgehead atoms. The van der Waals surface area contributed by atoms with E-state index in [-0.39, 0.29) is 0 Å². The van der Waals surface area contributed by atoms with Crippen molar-refractivity contribution in [1.82, 2.24) is 19.5 Å². The third-order valence-electron chi connectivity index (χ3n) is 9.05. The molecule has 1 N–H and O–H groups in total. The number of H-pyrrole nitrogens is 1. The maximum absolute atomic E-state index is 9.63.